The van der Waals surface area contributed by atoms with Crippen molar-refractivity contribution in [1.29, 1.82) is 0 Å². The normalized spacial score (nSPS) is 26.3. The fourth-order valence-corrected chi connectivity index (χ4v) is 2.94. The van der Waals surface area contributed by atoms with Crippen LogP contribution in [0.15, 0.2) is 30.3 Å². The molecule has 0 aliphatic carbocycles. The monoisotopic (exact) mass is 262 g/mol. The van der Waals surface area contributed by atoms with Crippen LogP contribution in [0.3, 0.4) is 0 Å². The molecular formula is C16H26N2O. The zero-order valence-corrected chi connectivity index (χ0v) is 12.1. The van der Waals surface area contributed by atoms with Crippen molar-refractivity contribution in [3.63, 3.8) is 0 Å². The molecule has 3 heteroatoms. The van der Waals surface area contributed by atoms with Gasteiger partial charge in [-0.25, -0.2) is 0 Å². The number of hydrogen-bond donors (Lipinski definition) is 1. The van der Waals surface area contributed by atoms with Gasteiger partial charge in [0.2, 0.25) is 0 Å². The van der Waals surface area contributed by atoms with Crippen molar-refractivity contribution in [3.05, 3.63) is 35.9 Å². The maximum Gasteiger partial charge on any atom is 0.0777 e. The number of rotatable bonds is 5. The average Bonchev–Trinajstić information content (AvgIpc) is 2.40. The van der Waals surface area contributed by atoms with Crippen LogP contribution >= 0.6 is 0 Å². The van der Waals surface area contributed by atoms with Crippen molar-refractivity contribution in [1.82, 2.24) is 4.90 Å². The lowest BCUT2D eigenvalue weighted by atomic mass is 9.94. The Bertz CT molecular complexity index is 382. The van der Waals surface area contributed by atoms with Gasteiger partial charge in [-0.3, -0.25) is 4.90 Å². The van der Waals surface area contributed by atoms with Gasteiger partial charge in [0.15, 0.2) is 0 Å². The molecule has 2 rings (SSSR count). The minimum Gasteiger partial charge on any atom is -0.377 e. The van der Waals surface area contributed by atoms with E-state index in [1.807, 2.05) is 13.2 Å². The fourth-order valence-electron chi connectivity index (χ4n) is 2.94. The number of likely N-dealkylation sites (tertiary alicyclic amines) is 1. The average molecular weight is 262 g/mol. The molecule has 0 amide bonds. The van der Waals surface area contributed by atoms with E-state index in [2.05, 4.69) is 36.1 Å². The third-order valence-corrected chi connectivity index (χ3v) is 4.06. The molecule has 106 valence electrons. The van der Waals surface area contributed by atoms with E-state index in [1.54, 1.807) is 0 Å². The first-order chi connectivity index (χ1) is 9.11. The number of hydrogen-bond acceptors (Lipinski definition) is 3. The highest BCUT2D eigenvalue weighted by Gasteiger charge is 2.31. The molecule has 1 aliphatic rings. The predicted octanol–water partition coefficient (Wildman–Crippen LogP) is 2.06. The van der Waals surface area contributed by atoms with E-state index in [9.17, 15) is 0 Å². The Balaban J connectivity index is 1.83. The lowest BCUT2D eigenvalue weighted by Crippen LogP contribution is -2.51. The van der Waals surface area contributed by atoms with Gasteiger partial charge in [0.05, 0.1) is 5.60 Å². The summed E-state index contributed by atoms with van der Waals surface area (Å²) in [7, 11) is 1.81. The fraction of sp³-hybridized carbons (Fsp3) is 0.625. The number of piperidine rings is 1. The summed E-state index contributed by atoms with van der Waals surface area (Å²) in [6.07, 6.45) is 3.29. The lowest BCUT2D eigenvalue weighted by molar-refractivity contribution is -0.0515. The maximum atomic E-state index is 6.28. The van der Waals surface area contributed by atoms with E-state index >= 15 is 0 Å². The van der Waals surface area contributed by atoms with Gasteiger partial charge in [-0.15, -0.1) is 0 Å². The molecule has 2 atom stereocenters. The molecular weight excluding hydrogens is 236 g/mol. The zero-order chi connectivity index (χ0) is 13.7. The van der Waals surface area contributed by atoms with Crippen molar-refractivity contribution >= 4 is 0 Å². The second-order valence-electron chi connectivity index (χ2n) is 5.94. The van der Waals surface area contributed by atoms with E-state index in [-0.39, 0.29) is 11.6 Å². The predicted molar refractivity (Wildman–Crippen MR) is 79.2 cm³/mol. The van der Waals surface area contributed by atoms with Crippen molar-refractivity contribution in [2.24, 2.45) is 5.73 Å². The summed E-state index contributed by atoms with van der Waals surface area (Å²) in [5, 5.41) is 0. The number of nitrogens with zero attached hydrogens (tertiary/aromatic N) is 1. The first-order valence-electron chi connectivity index (χ1n) is 7.18. The smallest absolute Gasteiger partial charge is 0.0777 e. The Kier molecular flexibility index (Phi) is 4.97. The quantitative estimate of drug-likeness (QED) is 0.882. The molecule has 1 fully saturated rings. The molecule has 2 N–H and O–H groups in total. The molecule has 19 heavy (non-hydrogen) atoms. The topological polar surface area (TPSA) is 38.5 Å². The molecule has 0 aromatic heterocycles. The van der Waals surface area contributed by atoms with Gasteiger partial charge in [-0.1, -0.05) is 30.3 Å². The Labute approximate surface area is 116 Å². The van der Waals surface area contributed by atoms with Gasteiger partial charge in [-0.2, -0.15) is 0 Å². The minimum atomic E-state index is 0.00468. The number of benzene rings is 1. The molecule has 0 saturated carbocycles. The Morgan fingerprint density at radius 3 is 2.79 bits per heavy atom. The standard InChI is InChI=1S/C16H26N2O/c1-16(19-2)9-6-10-18(13-16)12-15(17)11-14-7-4-3-5-8-14/h3-5,7-8,15H,6,9-13,17H2,1-2H3. The molecule has 1 aliphatic heterocycles. The minimum absolute atomic E-state index is 0.00468. The molecule has 0 bridgehead atoms. The van der Waals surface area contributed by atoms with Crippen LogP contribution in [-0.4, -0.2) is 43.3 Å². The van der Waals surface area contributed by atoms with Crippen LogP contribution < -0.4 is 5.73 Å². The van der Waals surface area contributed by atoms with Crippen LogP contribution in [0, 0.1) is 0 Å². The molecule has 1 heterocycles. The summed E-state index contributed by atoms with van der Waals surface area (Å²) in [5.41, 5.74) is 7.61. The molecule has 1 saturated heterocycles. The highest BCUT2D eigenvalue weighted by Crippen LogP contribution is 2.23. The van der Waals surface area contributed by atoms with Crippen LogP contribution in [0.1, 0.15) is 25.3 Å². The van der Waals surface area contributed by atoms with E-state index in [4.69, 9.17) is 10.5 Å². The van der Waals surface area contributed by atoms with Crippen LogP contribution in [0.2, 0.25) is 0 Å². The van der Waals surface area contributed by atoms with E-state index in [0.29, 0.717) is 0 Å². The first-order valence-corrected chi connectivity index (χ1v) is 7.18. The number of ether oxygens (including phenoxy) is 1. The highest BCUT2D eigenvalue weighted by atomic mass is 16.5. The largest absolute Gasteiger partial charge is 0.377 e. The summed E-state index contributed by atoms with van der Waals surface area (Å²) in [6, 6.07) is 10.7. The third kappa shape index (κ3) is 4.30. The van der Waals surface area contributed by atoms with Crippen LogP contribution in [0.4, 0.5) is 0 Å². The Morgan fingerprint density at radius 1 is 1.37 bits per heavy atom. The molecule has 0 radical (unpaired) electrons. The van der Waals surface area contributed by atoms with Gasteiger partial charge in [-0.05, 0) is 38.3 Å². The molecule has 1 aromatic carbocycles. The van der Waals surface area contributed by atoms with Crippen LogP contribution in [0.5, 0.6) is 0 Å². The molecule has 1 aromatic rings. The van der Waals surface area contributed by atoms with E-state index in [1.165, 1.54) is 12.0 Å². The third-order valence-electron chi connectivity index (χ3n) is 4.06. The summed E-state index contributed by atoms with van der Waals surface area (Å²) < 4.78 is 5.63. The van der Waals surface area contributed by atoms with Gasteiger partial charge >= 0.3 is 0 Å². The van der Waals surface area contributed by atoms with Crippen LogP contribution in [0.25, 0.3) is 0 Å². The molecule has 3 nitrogen and oxygen atoms in total. The lowest BCUT2D eigenvalue weighted by Gasteiger charge is -2.40. The number of nitrogens with two attached hydrogens (primary N) is 1. The second-order valence-corrected chi connectivity index (χ2v) is 5.94. The zero-order valence-electron chi connectivity index (χ0n) is 12.1. The summed E-state index contributed by atoms with van der Waals surface area (Å²) in [4.78, 5) is 2.45. The molecule has 2 unspecified atom stereocenters. The van der Waals surface area contributed by atoms with Crippen molar-refractivity contribution in [3.8, 4) is 0 Å². The van der Waals surface area contributed by atoms with Crippen molar-refractivity contribution in [2.75, 3.05) is 26.7 Å². The Morgan fingerprint density at radius 2 is 2.11 bits per heavy atom. The van der Waals surface area contributed by atoms with E-state index < -0.39 is 0 Å². The second kappa shape index (κ2) is 6.51. The summed E-state index contributed by atoms with van der Waals surface area (Å²) >= 11 is 0. The van der Waals surface area contributed by atoms with Crippen LogP contribution in [-0.2, 0) is 11.2 Å². The highest BCUT2D eigenvalue weighted by molar-refractivity contribution is 5.15. The van der Waals surface area contributed by atoms with Gasteiger partial charge in [0.1, 0.15) is 0 Å². The molecule has 0 spiro atoms. The van der Waals surface area contributed by atoms with Gasteiger partial charge in [0, 0.05) is 26.2 Å². The maximum absolute atomic E-state index is 6.28. The van der Waals surface area contributed by atoms with Crippen molar-refractivity contribution in [2.45, 2.75) is 37.8 Å². The van der Waals surface area contributed by atoms with Crippen molar-refractivity contribution < 1.29 is 4.74 Å². The summed E-state index contributed by atoms with van der Waals surface area (Å²) in [5.74, 6) is 0. The number of methoxy groups -OCH3 is 1. The Hall–Kier alpha value is -0.900. The summed E-state index contributed by atoms with van der Waals surface area (Å²) in [6.45, 7) is 5.28. The SMILES string of the molecule is COC1(C)CCCN(CC(N)Cc2ccccc2)C1. The first kappa shape index (κ1) is 14.5. The van der Waals surface area contributed by atoms with Gasteiger partial charge in [0.25, 0.3) is 0 Å². The van der Waals surface area contributed by atoms with E-state index in [0.717, 1.165) is 32.5 Å². The van der Waals surface area contributed by atoms with Gasteiger partial charge < -0.3 is 10.5 Å².